The van der Waals surface area contributed by atoms with E-state index < -0.39 is 6.61 Å². The molecule has 32 heavy (non-hydrogen) atoms. The van der Waals surface area contributed by atoms with Gasteiger partial charge in [0.2, 0.25) is 0 Å². The van der Waals surface area contributed by atoms with Gasteiger partial charge in [0.25, 0.3) is 0 Å². The van der Waals surface area contributed by atoms with Gasteiger partial charge in [0.1, 0.15) is 5.75 Å². The zero-order valence-corrected chi connectivity index (χ0v) is 20.8. The molecule has 178 valence electrons. The summed E-state index contributed by atoms with van der Waals surface area (Å²) in [5.41, 5.74) is 1.34. The van der Waals surface area contributed by atoms with Gasteiger partial charge in [-0.3, -0.25) is 4.99 Å². The summed E-state index contributed by atoms with van der Waals surface area (Å²) in [4.78, 5) is 6.82. The van der Waals surface area contributed by atoms with Crippen LogP contribution >= 0.6 is 24.0 Å². The zero-order valence-electron chi connectivity index (χ0n) is 18.4. The Labute approximate surface area is 205 Å². The van der Waals surface area contributed by atoms with Crippen LogP contribution in [0.15, 0.2) is 29.3 Å². The number of fused-ring (bicyclic) bond motifs is 2. The molecule has 0 radical (unpaired) electrons. The van der Waals surface area contributed by atoms with Gasteiger partial charge in [0.15, 0.2) is 5.96 Å². The molecule has 2 saturated carbocycles. The highest BCUT2D eigenvalue weighted by Crippen LogP contribution is 2.62. The Kier molecular flexibility index (Phi) is 7.33. The first-order chi connectivity index (χ1) is 15.1. The maximum atomic E-state index is 12.4. The third-order valence-corrected chi connectivity index (χ3v) is 7.74. The lowest BCUT2D eigenvalue weighted by atomic mass is 9.46. The van der Waals surface area contributed by atoms with E-state index in [0.717, 1.165) is 50.6 Å². The molecule has 6 nitrogen and oxygen atoms in total. The lowest BCUT2D eigenvalue weighted by Crippen LogP contribution is -2.73. The number of anilines is 1. The molecule has 4 unspecified atom stereocenters. The first-order valence-electron chi connectivity index (χ1n) is 11.5. The fourth-order valence-electron chi connectivity index (χ4n) is 6.14. The maximum Gasteiger partial charge on any atom is 0.387 e. The summed E-state index contributed by atoms with van der Waals surface area (Å²) >= 11 is 0. The quantitative estimate of drug-likeness (QED) is 0.323. The standard InChI is InChI=1S/C23H32F2N4O2.HI/c1-26-22(28-19-18-9-13-30-20(18)23(19)10-3-11-23)27-15-4-2-12-29(14-15)16-5-7-17(8-6-16)31-21(24)25;/h5-8,15,18-21H,2-4,9-14H2,1H3,(H2,26,27,28);1H. The third kappa shape index (κ3) is 4.38. The highest BCUT2D eigenvalue weighted by Gasteiger charge is 2.66. The molecule has 2 aliphatic carbocycles. The summed E-state index contributed by atoms with van der Waals surface area (Å²) in [5.74, 6) is 1.68. The lowest BCUT2D eigenvalue weighted by Gasteiger charge is -2.63. The van der Waals surface area contributed by atoms with Gasteiger partial charge in [-0.15, -0.1) is 24.0 Å². The van der Waals surface area contributed by atoms with Gasteiger partial charge in [0.05, 0.1) is 6.10 Å². The summed E-state index contributed by atoms with van der Waals surface area (Å²) in [6.45, 7) is -0.109. The highest BCUT2D eigenvalue weighted by molar-refractivity contribution is 14.0. The molecule has 0 bridgehead atoms. The maximum absolute atomic E-state index is 12.4. The van der Waals surface area contributed by atoms with E-state index in [9.17, 15) is 8.78 Å². The van der Waals surface area contributed by atoms with Crippen LogP contribution in [-0.2, 0) is 4.74 Å². The van der Waals surface area contributed by atoms with Crippen LogP contribution in [0.2, 0.25) is 0 Å². The number of nitrogens with one attached hydrogen (secondary N) is 2. The summed E-state index contributed by atoms with van der Waals surface area (Å²) in [6.07, 6.45) is 7.54. The first-order valence-corrected chi connectivity index (χ1v) is 11.5. The number of alkyl halides is 2. The number of nitrogens with zero attached hydrogens (tertiary/aromatic N) is 2. The Balaban J connectivity index is 0.00000245. The Morgan fingerprint density at radius 1 is 1.19 bits per heavy atom. The van der Waals surface area contributed by atoms with Crippen molar-refractivity contribution in [2.24, 2.45) is 16.3 Å². The molecule has 0 amide bonds. The second kappa shape index (κ2) is 9.87. The van der Waals surface area contributed by atoms with Crippen LogP contribution in [0.3, 0.4) is 0 Å². The molecule has 4 atom stereocenters. The molecule has 4 fully saturated rings. The molecule has 2 heterocycles. The summed E-state index contributed by atoms with van der Waals surface area (Å²) < 4.78 is 35.3. The van der Waals surface area contributed by atoms with Gasteiger partial charge in [0, 0.05) is 55.8 Å². The zero-order chi connectivity index (χ0) is 21.4. The average molecular weight is 562 g/mol. The Morgan fingerprint density at radius 3 is 2.62 bits per heavy atom. The van der Waals surface area contributed by atoms with Gasteiger partial charge in [-0.05, 0) is 56.4 Å². The topological polar surface area (TPSA) is 58.1 Å². The molecule has 5 rings (SSSR count). The smallest absolute Gasteiger partial charge is 0.387 e. The van der Waals surface area contributed by atoms with Crippen LogP contribution in [-0.4, -0.2) is 57.5 Å². The van der Waals surface area contributed by atoms with E-state index in [2.05, 4.69) is 25.3 Å². The van der Waals surface area contributed by atoms with Crippen molar-refractivity contribution in [3.05, 3.63) is 24.3 Å². The number of guanidine groups is 1. The second-order valence-electron chi connectivity index (χ2n) is 9.33. The molecule has 2 saturated heterocycles. The van der Waals surface area contributed by atoms with Crippen molar-refractivity contribution in [1.82, 2.24) is 10.6 Å². The minimum absolute atomic E-state index is 0. The van der Waals surface area contributed by atoms with E-state index in [0.29, 0.717) is 23.5 Å². The van der Waals surface area contributed by atoms with Crippen molar-refractivity contribution in [2.75, 3.05) is 31.6 Å². The van der Waals surface area contributed by atoms with E-state index in [1.807, 2.05) is 19.2 Å². The first kappa shape index (κ1) is 23.8. The minimum Gasteiger partial charge on any atom is -0.435 e. The van der Waals surface area contributed by atoms with Crippen LogP contribution in [0.1, 0.15) is 38.5 Å². The fraction of sp³-hybridized carbons (Fsp3) is 0.696. The van der Waals surface area contributed by atoms with Crippen LogP contribution in [0, 0.1) is 11.3 Å². The molecule has 2 aliphatic heterocycles. The van der Waals surface area contributed by atoms with Gasteiger partial charge < -0.3 is 25.0 Å². The number of halogens is 3. The van der Waals surface area contributed by atoms with E-state index >= 15 is 0 Å². The van der Waals surface area contributed by atoms with E-state index in [1.54, 1.807) is 12.1 Å². The molecular weight excluding hydrogens is 529 g/mol. The summed E-state index contributed by atoms with van der Waals surface area (Å²) in [7, 11) is 1.84. The molecule has 1 aromatic carbocycles. The third-order valence-electron chi connectivity index (χ3n) is 7.74. The SMILES string of the molecule is CN=C(NC1CCCN(c2ccc(OC(F)F)cc2)C1)NC1C2CCOC2C12CCC2.I. The molecule has 9 heteroatoms. The van der Waals surface area contributed by atoms with Crippen molar-refractivity contribution in [3.63, 3.8) is 0 Å². The summed E-state index contributed by atoms with van der Waals surface area (Å²) in [5, 5.41) is 7.39. The molecule has 1 aromatic rings. The average Bonchev–Trinajstić information content (AvgIpc) is 3.15. The van der Waals surface area contributed by atoms with Crippen LogP contribution in [0.5, 0.6) is 5.75 Å². The molecule has 4 aliphatic rings. The van der Waals surface area contributed by atoms with E-state index in [4.69, 9.17) is 4.74 Å². The minimum atomic E-state index is -2.80. The van der Waals surface area contributed by atoms with Gasteiger partial charge in [-0.2, -0.15) is 8.78 Å². The van der Waals surface area contributed by atoms with Gasteiger partial charge >= 0.3 is 6.61 Å². The molecule has 2 N–H and O–H groups in total. The van der Waals surface area contributed by atoms with Crippen LogP contribution in [0.4, 0.5) is 14.5 Å². The number of benzene rings is 1. The van der Waals surface area contributed by atoms with Crippen molar-refractivity contribution in [2.45, 2.75) is 63.3 Å². The summed E-state index contributed by atoms with van der Waals surface area (Å²) in [6, 6.07) is 7.65. The number of hydrogen-bond acceptors (Lipinski definition) is 4. The van der Waals surface area contributed by atoms with E-state index in [1.165, 1.54) is 19.3 Å². The van der Waals surface area contributed by atoms with Crippen LogP contribution in [0.25, 0.3) is 0 Å². The van der Waals surface area contributed by atoms with Gasteiger partial charge in [-0.1, -0.05) is 6.42 Å². The number of hydrogen-bond donors (Lipinski definition) is 2. The molecule has 0 aromatic heterocycles. The Morgan fingerprint density at radius 2 is 1.97 bits per heavy atom. The van der Waals surface area contributed by atoms with E-state index in [-0.39, 0.29) is 35.8 Å². The van der Waals surface area contributed by atoms with Crippen molar-refractivity contribution in [3.8, 4) is 5.75 Å². The van der Waals surface area contributed by atoms with Gasteiger partial charge in [-0.25, -0.2) is 0 Å². The normalized spacial score (nSPS) is 30.8. The molecular formula is C23H33F2IN4O2. The van der Waals surface area contributed by atoms with Crippen molar-refractivity contribution in [1.29, 1.82) is 0 Å². The number of ether oxygens (including phenoxy) is 2. The highest BCUT2D eigenvalue weighted by atomic mass is 127. The number of piperidine rings is 1. The Hall–Kier alpha value is -1.36. The predicted octanol–water partition coefficient (Wildman–Crippen LogP) is 4.00. The van der Waals surface area contributed by atoms with Crippen molar-refractivity contribution < 1.29 is 18.3 Å². The second-order valence-corrected chi connectivity index (χ2v) is 9.33. The monoisotopic (exact) mass is 562 g/mol. The lowest BCUT2D eigenvalue weighted by molar-refractivity contribution is -0.171. The van der Waals surface area contributed by atoms with Crippen molar-refractivity contribution >= 4 is 35.6 Å². The number of rotatable bonds is 5. The fourth-order valence-corrected chi connectivity index (χ4v) is 6.14. The number of aliphatic imine (C=N–C) groups is 1. The molecule has 1 spiro atoms. The predicted molar refractivity (Wildman–Crippen MR) is 131 cm³/mol. The Bertz CT molecular complexity index is 806. The van der Waals surface area contributed by atoms with Crippen LogP contribution < -0.4 is 20.3 Å². The largest absolute Gasteiger partial charge is 0.435 e.